The summed E-state index contributed by atoms with van der Waals surface area (Å²) in [6.45, 7) is 10.8. The lowest BCUT2D eigenvalue weighted by atomic mass is 10.0. The molecule has 0 heterocycles. The lowest BCUT2D eigenvalue weighted by molar-refractivity contribution is 0.120. The van der Waals surface area contributed by atoms with E-state index < -0.39 is 0 Å². The molecule has 0 spiro atoms. The minimum atomic E-state index is 0.662. The maximum Gasteiger partial charge on any atom is 0.0589 e. The van der Waals surface area contributed by atoms with Crippen molar-refractivity contribution < 1.29 is 4.74 Å². The summed E-state index contributed by atoms with van der Waals surface area (Å²) in [6, 6.07) is 0.662. The predicted molar refractivity (Wildman–Crippen MR) is 75.3 cm³/mol. The van der Waals surface area contributed by atoms with Gasteiger partial charge in [0, 0.05) is 19.7 Å². The quantitative estimate of drug-likeness (QED) is 0.607. The van der Waals surface area contributed by atoms with Crippen molar-refractivity contribution in [2.45, 2.75) is 52.5 Å². The van der Waals surface area contributed by atoms with E-state index >= 15 is 0 Å². The van der Waals surface area contributed by atoms with Crippen LogP contribution in [0.15, 0.2) is 0 Å². The van der Waals surface area contributed by atoms with Gasteiger partial charge in [0.15, 0.2) is 0 Å². The first kappa shape index (κ1) is 16.9. The molecule has 3 heteroatoms. The maximum atomic E-state index is 5.57. The third kappa shape index (κ3) is 8.58. The first-order chi connectivity index (χ1) is 8.15. The number of hydrogen-bond acceptors (Lipinski definition) is 3. The van der Waals surface area contributed by atoms with Crippen molar-refractivity contribution in [2.75, 3.05) is 33.4 Å². The highest BCUT2D eigenvalue weighted by atomic mass is 16.5. The fraction of sp³-hybridized carbons (Fsp3) is 1.00. The molecular weight excluding hydrogens is 212 g/mol. The molecule has 17 heavy (non-hydrogen) atoms. The van der Waals surface area contributed by atoms with Gasteiger partial charge in [-0.05, 0) is 51.6 Å². The van der Waals surface area contributed by atoms with Gasteiger partial charge in [-0.15, -0.1) is 0 Å². The molecule has 0 rings (SSSR count). The van der Waals surface area contributed by atoms with E-state index in [0.29, 0.717) is 6.04 Å². The molecule has 0 radical (unpaired) electrons. The molecule has 0 aliphatic carbocycles. The summed E-state index contributed by atoms with van der Waals surface area (Å²) in [5.41, 5.74) is 5.57. The van der Waals surface area contributed by atoms with Crippen molar-refractivity contribution in [2.24, 2.45) is 11.7 Å². The highest BCUT2D eigenvalue weighted by Gasteiger charge is 2.11. The van der Waals surface area contributed by atoms with E-state index in [2.05, 4.69) is 25.7 Å². The van der Waals surface area contributed by atoms with Gasteiger partial charge in [-0.25, -0.2) is 0 Å². The van der Waals surface area contributed by atoms with Gasteiger partial charge in [0.1, 0.15) is 0 Å². The Kier molecular flexibility index (Phi) is 10.9. The van der Waals surface area contributed by atoms with Crippen LogP contribution in [0.4, 0.5) is 0 Å². The Hall–Kier alpha value is -0.120. The second-order valence-electron chi connectivity index (χ2n) is 5.11. The summed E-state index contributed by atoms with van der Waals surface area (Å²) >= 11 is 0. The number of ether oxygens (including phenoxy) is 1. The van der Waals surface area contributed by atoms with E-state index in [9.17, 15) is 0 Å². The van der Waals surface area contributed by atoms with Crippen molar-refractivity contribution in [3.8, 4) is 0 Å². The Morgan fingerprint density at radius 2 is 1.88 bits per heavy atom. The number of methoxy groups -OCH3 is 1. The van der Waals surface area contributed by atoms with Gasteiger partial charge < -0.3 is 10.5 Å². The molecule has 0 aliphatic rings. The topological polar surface area (TPSA) is 38.5 Å². The summed E-state index contributed by atoms with van der Waals surface area (Å²) in [6.07, 6.45) is 4.93. The lowest BCUT2D eigenvalue weighted by Gasteiger charge is -2.28. The van der Waals surface area contributed by atoms with Crippen molar-refractivity contribution in [1.82, 2.24) is 4.90 Å². The monoisotopic (exact) mass is 244 g/mol. The fourth-order valence-corrected chi connectivity index (χ4v) is 2.09. The SMILES string of the molecule is CCC(C)N(CCCC(C)CCN)CCOC. The van der Waals surface area contributed by atoms with Crippen LogP contribution in [0.1, 0.15) is 46.5 Å². The van der Waals surface area contributed by atoms with Crippen LogP contribution < -0.4 is 5.73 Å². The molecule has 104 valence electrons. The Bertz CT molecular complexity index is 164. The summed E-state index contributed by atoms with van der Waals surface area (Å²) in [5.74, 6) is 0.765. The van der Waals surface area contributed by atoms with E-state index in [0.717, 1.165) is 32.0 Å². The predicted octanol–water partition coefficient (Wildman–Crippen LogP) is 2.50. The van der Waals surface area contributed by atoms with Crippen molar-refractivity contribution in [3.63, 3.8) is 0 Å². The Morgan fingerprint density at radius 3 is 2.41 bits per heavy atom. The normalized spacial score (nSPS) is 15.2. The maximum absolute atomic E-state index is 5.57. The standard InChI is InChI=1S/C14H32N2O/c1-5-14(3)16(11-12-17-4)10-6-7-13(2)8-9-15/h13-14H,5-12,15H2,1-4H3. The van der Waals surface area contributed by atoms with Crippen molar-refractivity contribution in [3.05, 3.63) is 0 Å². The van der Waals surface area contributed by atoms with Crippen molar-refractivity contribution in [1.29, 1.82) is 0 Å². The third-order valence-electron chi connectivity index (χ3n) is 3.60. The van der Waals surface area contributed by atoms with Crippen LogP contribution in [-0.4, -0.2) is 44.3 Å². The summed E-state index contributed by atoms with van der Waals surface area (Å²) in [7, 11) is 1.78. The Balaban J connectivity index is 3.82. The molecule has 0 aromatic rings. The molecule has 0 aromatic carbocycles. The molecule has 0 bridgehead atoms. The van der Waals surface area contributed by atoms with E-state index in [4.69, 9.17) is 10.5 Å². The molecule has 0 saturated carbocycles. The van der Waals surface area contributed by atoms with Crippen LogP contribution >= 0.6 is 0 Å². The molecule has 0 aliphatic heterocycles. The zero-order chi connectivity index (χ0) is 13.1. The molecule has 2 N–H and O–H groups in total. The highest BCUT2D eigenvalue weighted by Crippen LogP contribution is 2.11. The molecule has 2 unspecified atom stereocenters. The van der Waals surface area contributed by atoms with E-state index in [-0.39, 0.29) is 0 Å². The number of rotatable bonds is 11. The molecule has 3 nitrogen and oxygen atoms in total. The molecule has 0 saturated heterocycles. The van der Waals surface area contributed by atoms with E-state index in [1.165, 1.54) is 25.8 Å². The minimum Gasteiger partial charge on any atom is -0.383 e. The summed E-state index contributed by atoms with van der Waals surface area (Å²) in [4.78, 5) is 2.54. The van der Waals surface area contributed by atoms with Gasteiger partial charge in [-0.3, -0.25) is 4.90 Å². The van der Waals surface area contributed by atoms with Crippen LogP contribution in [0.3, 0.4) is 0 Å². The van der Waals surface area contributed by atoms with Gasteiger partial charge in [0.25, 0.3) is 0 Å². The summed E-state index contributed by atoms with van der Waals surface area (Å²) in [5, 5.41) is 0. The number of nitrogens with two attached hydrogens (primary N) is 1. The molecule has 2 atom stereocenters. The zero-order valence-corrected chi connectivity index (χ0v) is 12.2. The Labute approximate surface area is 108 Å². The smallest absolute Gasteiger partial charge is 0.0589 e. The minimum absolute atomic E-state index is 0.662. The van der Waals surface area contributed by atoms with Gasteiger partial charge in [0.05, 0.1) is 6.61 Å². The van der Waals surface area contributed by atoms with Crippen LogP contribution in [0.2, 0.25) is 0 Å². The van der Waals surface area contributed by atoms with Crippen molar-refractivity contribution >= 4 is 0 Å². The lowest BCUT2D eigenvalue weighted by Crippen LogP contribution is -2.36. The third-order valence-corrected chi connectivity index (χ3v) is 3.60. The van der Waals surface area contributed by atoms with E-state index in [1.54, 1.807) is 7.11 Å². The molecule has 0 aromatic heterocycles. The average molecular weight is 244 g/mol. The zero-order valence-electron chi connectivity index (χ0n) is 12.2. The van der Waals surface area contributed by atoms with Crippen LogP contribution in [0, 0.1) is 5.92 Å². The second kappa shape index (κ2) is 11.0. The molecular formula is C14H32N2O. The van der Waals surface area contributed by atoms with Crippen LogP contribution in [0.25, 0.3) is 0 Å². The first-order valence-corrected chi connectivity index (χ1v) is 7.08. The average Bonchev–Trinajstić information content (AvgIpc) is 2.32. The van der Waals surface area contributed by atoms with Gasteiger partial charge in [-0.1, -0.05) is 13.8 Å². The second-order valence-corrected chi connectivity index (χ2v) is 5.11. The van der Waals surface area contributed by atoms with E-state index in [1.807, 2.05) is 0 Å². The summed E-state index contributed by atoms with van der Waals surface area (Å²) < 4.78 is 5.17. The van der Waals surface area contributed by atoms with Gasteiger partial charge in [-0.2, -0.15) is 0 Å². The van der Waals surface area contributed by atoms with Gasteiger partial charge in [0.2, 0.25) is 0 Å². The molecule has 0 amide bonds. The van der Waals surface area contributed by atoms with Crippen LogP contribution in [-0.2, 0) is 4.74 Å². The Morgan fingerprint density at radius 1 is 1.18 bits per heavy atom. The molecule has 0 fully saturated rings. The highest BCUT2D eigenvalue weighted by molar-refractivity contribution is 4.66. The van der Waals surface area contributed by atoms with Crippen LogP contribution in [0.5, 0.6) is 0 Å². The van der Waals surface area contributed by atoms with Gasteiger partial charge >= 0.3 is 0 Å². The first-order valence-electron chi connectivity index (χ1n) is 7.08. The number of hydrogen-bond donors (Lipinski definition) is 1. The fourth-order valence-electron chi connectivity index (χ4n) is 2.09. The largest absolute Gasteiger partial charge is 0.383 e. The number of nitrogens with zero attached hydrogens (tertiary/aromatic N) is 1.